The van der Waals surface area contributed by atoms with Crippen LogP contribution in [0.3, 0.4) is 0 Å². The Kier molecular flexibility index (Phi) is 5.26. The molecule has 1 atom stereocenters. The van der Waals surface area contributed by atoms with Gasteiger partial charge < -0.3 is 5.32 Å². The van der Waals surface area contributed by atoms with Crippen LogP contribution in [-0.4, -0.2) is 49.4 Å². The quantitative estimate of drug-likeness (QED) is 0.827. The molecule has 1 saturated heterocycles. The summed E-state index contributed by atoms with van der Waals surface area (Å²) in [5, 5.41) is 5.80. The van der Waals surface area contributed by atoms with Gasteiger partial charge in [0.25, 0.3) is 5.91 Å². The molecular formula is C15H21N3O2. The molecule has 2 N–H and O–H groups in total. The van der Waals surface area contributed by atoms with E-state index >= 15 is 0 Å². The molecule has 1 aliphatic rings. The van der Waals surface area contributed by atoms with E-state index in [0.717, 1.165) is 19.5 Å². The lowest BCUT2D eigenvalue weighted by Crippen LogP contribution is -2.42. The average Bonchev–Trinajstić information content (AvgIpc) is 2.92. The number of nitrogens with zero attached hydrogens (tertiary/aromatic N) is 1. The second-order valence-corrected chi connectivity index (χ2v) is 5.23. The van der Waals surface area contributed by atoms with Gasteiger partial charge in [0.1, 0.15) is 0 Å². The summed E-state index contributed by atoms with van der Waals surface area (Å²) in [4.78, 5) is 25.6. The van der Waals surface area contributed by atoms with Gasteiger partial charge in [-0.1, -0.05) is 18.2 Å². The first-order valence-corrected chi connectivity index (χ1v) is 6.96. The molecule has 2 amide bonds. The number of hydrogen-bond acceptors (Lipinski definition) is 4. The monoisotopic (exact) mass is 275 g/mol. The molecule has 20 heavy (non-hydrogen) atoms. The molecule has 108 valence electrons. The lowest BCUT2D eigenvalue weighted by atomic mass is 10.2. The Morgan fingerprint density at radius 2 is 2.10 bits per heavy atom. The lowest BCUT2D eigenvalue weighted by Gasteiger charge is -2.20. The first-order valence-electron chi connectivity index (χ1n) is 6.96. The number of amides is 2. The summed E-state index contributed by atoms with van der Waals surface area (Å²) in [6.45, 7) is 2.11. The molecule has 0 spiro atoms. The SMILES string of the molecule is CN(CC(=O)NC(=O)c1ccccc1)CC1CCCN1. The minimum absolute atomic E-state index is 0.233. The van der Waals surface area contributed by atoms with Crippen LogP contribution in [0.25, 0.3) is 0 Å². The predicted molar refractivity (Wildman–Crippen MR) is 77.4 cm³/mol. The lowest BCUT2D eigenvalue weighted by molar-refractivity contribution is -0.121. The molecule has 0 aliphatic carbocycles. The molecule has 5 heteroatoms. The van der Waals surface area contributed by atoms with Crippen LogP contribution in [0.5, 0.6) is 0 Å². The third-order valence-corrected chi connectivity index (χ3v) is 3.40. The Balaban J connectivity index is 1.75. The Bertz CT molecular complexity index is 455. The van der Waals surface area contributed by atoms with Crippen molar-refractivity contribution >= 4 is 11.8 Å². The molecule has 1 aromatic carbocycles. The fraction of sp³-hybridized carbons (Fsp3) is 0.467. The molecule has 1 fully saturated rings. The zero-order valence-corrected chi connectivity index (χ0v) is 11.8. The smallest absolute Gasteiger partial charge is 0.257 e. The fourth-order valence-corrected chi connectivity index (χ4v) is 2.43. The highest BCUT2D eigenvalue weighted by atomic mass is 16.2. The van der Waals surface area contributed by atoms with Crippen molar-refractivity contribution in [1.82, 2.24) is 15.5 Å². The Morgan fingerprint density at radius 1 is 1.35 bits per heavy atom. The third-order valence-electron chi connectivity index (χ3n) is 3.40. The van der Waals surface area contributed by atoms with E-state index in [1.54, 1.807) is 24.3 Å². The highest BCUT2D eigenvalue weighted by molar-refractivity contribution is 6.05. The summed E-state index contributed by atoms with van der Waals surface area (Å²) >= 11 is 0. The number of hydrogen-bond donors (Lipinski definition) is 2. The van der Waals surface area contributed by atoms with Crippen molar-refractivity contribution < 1.29 is 9.59 Å². The molecule has 0 saturated carbocycles. The molecule has 0 bridgehead atoms. The van der Waals surface area contributed by atoms with Crippen molar-refractivity contribution in [1.29, 1.82) is 0 Å². The maximum absolute atomic E-state index is 11.8. The van der Waals surface area contributed by atoms with Crippen molar-refractivity contribution in [2.24, 2.45) is 0 Å². The van der Waals surface area contributed by atoms with Crippen molar-refractivity contribution in [2.75, 3.05) is 26.7 Å². The summed E-state index contributed by atoms with van der Waals surface area (Å²) in [5.41, 5.74) is 0.501. The van der Waals surface area contributed by atoms with Gasteiger partial charge in [-0.15, -0.1) is 0 Å². The normalized spacial score (nSPS) is 18.2. The van der Waals surface area contributed by atoms with Gasteiger partial charge in [0.2, 0.25) is 5.91 Å². The third kappa shape index (κ3) is 4.43. The van der Waals surface area contributed by atoms with Gasteiger partial charge in [-0.3, -0.25) is 19.8 Å². The van der Waals surface area contributed by atoms with Gasteiger partial charge in [-0.2, -0.15) is 0 Å². The van der Waals surface area contributed by atoms with Gasteiger partial charge in [0.15, 0.2) is 0 Å². The fourth-order valence-electron chi connectivity index (χ4n) is 2.43. The van der Waals surface area contributed by atoms with E-state index in [4.69, 9.17) is 0 Å². The number of likely N-dealkylation sites (N-methyl/N-ethyl adjacent to an activating group) is 1. The number of nitrogens with one attached hydrogen (secondary N) is 2. The summed E-state index contributed by atoms with van der Waals surface area (Å²) in [7, 11) is 1.90. The molecule has 5 nitrogen and oxygen atoms in total. The van der Waals surface area contributed by atoms with Crippen LogP contribution in [0.15, 0.2) is 30.3 Å². The van der Waals surface area contributed by atoms with Crippen LogP contribution in [0, 0.1) is 0 Å². The molecule has 0 radical (unpaired) electrons. The standard InChI is InChI=1S/C15H21N3O2/c1-18(10-13-8-5-9-16-13)11-14(19)17-15(20)12-6-3-2-4-7-12/h2-4,6-7,13,16H,5,8-11H2,1H3,(H,17,19,20). The van der Waals surface area contributed by atoms with Crippen molar-refractivity contribution in [3.8, 4) is 0 Å². The van der Waals surface area contributed by atoms with E-state index in [1.807, 2.05) is 18.0 Å². The van der Waals surface area contributed by atoms with Crippen LogP contribution in [0.1, 0.15) is 23.2 Å². The van der Waals surface area contributed by atoms with Crippen LogP contribution >= 0.6 is 0 Å². The topological polar surface area (TPSA) is 61.4 Å². The number of carbonyl (C=O) groups excluding carboxylic acids is 2. The Hall–Kier alpha value is -1.72. The minimum atomic E-state index is -0.344. The zero-order valence-electron chi connectivity index (χ0n) is 11.8. The Labute approximate surface area is 119 Å². The van der Waals surface area contributed by atoms with Gasteiger partial charge >= 0.3 is 0 Å². The van der Waals surface area contributed by atoms with E-state index in [0.29, 0.717) is 11.6 Å². The van der Waals surface area contributed by atoms with Gasteiger partial charge in [-0.25, -0.2) is 0 Å². The van der Waals surface area contributed by atoms with E-state index in [1.165, 1.54) is 6.42 Å². The zero-order chi connectivity index (χ0) is 14.4. The van der Waals surface area contributed by atoms with Gasteiger partial charge in [-0.05, 0) is 38.6 Å². The van der Waals surface area contributed by atoms with Crippen molar-refractivity contribution in [3.05, 3.63) is 35.9 Å². The molecule has 1 aliphatic heterocycles. The van der Waals surface area contributed by atoms with Gasteiger partial charge in [0.05, 0.1) is 6.54 Å². The number of carbonyl (C=O) groups is 2. The summed E-state index contributed by atoms with van der Waals surface area (Å²) in [5.74, 6) is -0.609. The highest BCUT2D eigenvalue weighted by Gasteiger charge is 2.18. The van der Waals surface area contributed by atoms with Gasteiger partial charge in [0, 0.05) is 18.2 Å². The van der Waals surface area contributed by atoms with E-state index in [9.17, 15) is 9.59 Å². The molecular weight excluding hydrogens is 254 g/mol. The second-order valence-electron chi connectivity index (χ2n) is 5.23. The maximum Gasteiger partial charge on any atom is 0.257 e. The van der Waals surface area contributed by atoms with Crippen LogP contribution in [0.2, 0.25) is 0 Å². The van der Waals surface area contributed by atoms with E-state index in [-0.39, 0.29) is 18.4 Å². The number of imide groups is 1. The predicted octanol–water partition coefficient (Wildman–Crippen LogP) is 0.627. The number of benzene rings is 1. The molecule has 1 aromatic rings. The van der Waals surface area contributed by atoms with E-state index < -0.39 is 0 Å². The minimum Gasteiger partial charge on any atom is -0.313 e. The highest BCUT2D eigenvalue weighted by Crippen LogP contribution is 2.05. The van der Waals surface area contributed by atoms with E-state index in [2.05, 4.69) is 10.6 Å². The summed E-state index contributed by atoms with van der Waals surface area (Å²) in [6.07, 6.45) is 2.34. The van der Waals surface area contributed by atoms with Crippen LogP contribution in [-0.2, 0) is 4.79 Å². The van der Waals surface area contributed by atoms with Crippen molar-refractivity contribution in [3.63, 3.8) is 0 Å². The molecule has 1 unspecified atom stereocenters. The summed E-state index contributed by atoms with van der Waals surface area (Å²) < 4.78 is 0. The van der Waals surface area contributed by atoms with Crippen LogP contribution in [0.4, 0.5) is 0 Å². The van der Waals surface area contributed by atoms with Crippen molar-refractivity contribution in [2.45, 2.75) is 18.9 Å². The first-order chi connectivity index (χ1) is 9.65. The maximum atomic E-state index is 11.8. The molecule has 1 heterocycles. The largest absolute Gasteiger partial charge is 0.313 e. The Morgan fingerprint density at radius 3 is 2.75 bits per heavy atom. The first kappa shape index (κ1) is 14.7. The van der Waals surface area contributed by atoms with Crippen LogP contribution < -0.4 is 10.6 Å². The molecule has 2 rings (SSSR count). The average molecular weight is 275 g/mol. The number of rotatable bonds is 5. The summed E-state index contributed by atoms with van der Waals surface area (Å²) in [6, 6.07) is 9.22. The molecule has 0 aromatic heterocycles. The second kappa shape index (κ2) is 7.17.